The average molecular weight is 388 g/mol. The number of hydrogen-bond acceptors (Lipinski definition) is 4. The van der Waals surface area contributed by atoms with Gasteiger partial charge in [-0.1, -0.05) is 50.6 Å². The number of rotatable bonds is 13. The lowest BCUT2D eigenvalue weighted by Crippen LogP contribution is -2.34. The van der Waals surface area contributed by atoms with Crippen molar-refractivity contribution in [3.05, 3.63) is 35.9 Å². The van der Waals surface area contributed by atoms with Crippen LogP contribution < -0.4 is 5.32 Å². The Hall–Kier alpha value is -2.01. The summed E-state index contributed by atoms with van der Waals surface area (Å²) in [5, 5.41) is 2.97. The Morgan fingerprint density at radius 2 is 1.79 bits per heavy atom. The molecule has 1 amide bonds. The molecule has 0 saturated carbocycles. The Bertz CT molecular complexity index is 656. The van der Waals surface area contributed by atoms with E-state index in [4.69, 9.17) is 4.74 Å². The molecule has 1 N–H and O–H groups in total. The highest BCUT2D eigenvalue weighted by atomic mass is 16.6. The van der Waals surface area contributed by atoms with E-state index in [2.05, 4.69) is 19.2 Å². The average Bonchev–Trinajstić information content (AvgIpc) is 3.45. The smallest absolute Gasteiger partial charge is 0.223 e. The van der Waals surface area contributed by atoms with Crippen LogP contribution in [0, 0.1) is 11.8 Å². The van der Waals surface area contributed by atoms with Crippen LogP contribution in [0.25, 0.3) is 0 Å². The molecular formula is C23H33NO4. The van der Waals surface area contributed by atoms with Gasteiger partial charge in [0.1, 0.15) is 18.0 Å². The van der Waals surface area contributed by atoms with Crippen molar-refractivity contribution < 1.29 is 19.1 Å². The molecule has 1 fully saturated rings. The van der Waals surface area contributed by atoms with Crippen LogP contribution in [0.2, 0.25) is 0 Å². The third-order valence-electron chi connectivity index (χ3n) is 5.02. The highest BCUT2D eigenvalue weighted by molar-refractivity contribution is 5.91. The molecule has 1 aromatic carbocycles. The summed E-state index contributed by atoms with van der Waals surface area (Å²) in [7, 11) is 0. The molecule has 1 aliphatic heterocycles. The van der Waals surface area contributed by atoms with E-state index in [0.29, 0.717) is 25.3 Å². The molecule has 2 rings (SSSR count). The van der Waals surface area contributed by atoms with Gasteiger partial charge in [0.2, 0.25) is 5.91 Å². The first-order chi connectivity index (χ1) is 13.4. The van der Waals surface area contributed by atoms with E-state index in [0.717, 1.165) is 24.8 Å². The van der Waals surface area contributed by atoms with Gasteiger partial charge in [-0.05, 0) is 37.7 Å². The zero-order valence-corrected chi connectivity index (χ0v) is 17.3. The largest absolute Gasteiger partial charge is 0.356 e. The van der Waals surface area contributed by atoms with E-state index in [1.807, 2.05) is 30.3 Å². The van der Waals surface area contributed by atoms with Crippen LogP contribution in [0.1, 0.15) is 71.0 Å². The number of carbonyl (C=O) groups is 3. The predicted octanol–water partition coefficient (Wildman–Crippen LogP) is 4.01. The highest BCUT2D eigenvalue weighted by Crippen LogP contribution is 2.40. The summed E-state index contributed by atoms with van der Waals surface area (Å²) in [4.78, 5) is 36.2. The van der Waals surface area contributed by atoms with Crippen molar-refractivity contribution in [1.29, 1.82) is 0 Å². The summed E-state index contributed by atoms with van der Waals surface area (Å²) in [5.41, 5.74) is 1.01. The molecule has 1 saturated heterocycles. The van der Waals surface area contributed by atoms with Gasteiger partial charge in [-0.3, -0.25) is 9.59 Å². The summed E-state index contributed by atoms with van der Waals surface area (Å²) in [6.07, 6.45) is 3.55. The molecule has 28 heavy (non-hydrogen) atoms. The van der Waals surface area contributed by atoms with Crippen molar-refractivity contribution in [1.82, 2.24) is 5.32 Å². The van der Waals surface area contributed by atoms with Crippen LogP contribution in [0.5, 0.6) is 0 Å². The third kappa shape index (κ3) is 7.55. The highest BCUT2D eigenvalue weighted by Gasteiger charge is 2.46. The predicted molar refractivity (Wildman–Crippen MR) is 109 cm³/mol. The Kier molecular flexibility index (Phi) is 8.84. The number of nitrogens with one attached hydrogen (secondary N) is 1. The molecule has 0 aliphatic carbocycles. The third-order valence-corrected chi connectivity index (χ3v) is 5.02. The van der Waals surface area contributed by atoms with Gasteiger partial charge in [0, 0.05) is 25.3 Å². The van der Waals surface area contributed by atoms with E-state index in [9.17, 15) is 14.4 Å². The number of Topliss-reactive ketones (excluding diaryl/α,β-unsaturated/α-hetero) is 2. The normalized spacial score (nSPS) is 19.3. The summed E-state index contributed by atoms with van der Waals surface area (Å²) in [5.74, 6) is 0.187. The van der Waals surface area contributed by atoms with Gasteiger partial charge in [-0.2, -0.15) is 0 Å². The van der Waals surface area contributed by atoms with Crippen LogP contribution >= 0.6 is 0 Å². The van der Waals surface area contributed by atoms with E-state index < -0.39 is 6.10 Å². The minimum Gasteiger partial charge on any atom is -0.356 e. The van der Waals surface area contributed by atoms with Crippen molar-refractivity contribution >= 4 is 17.5 Å². The number of ketones is 2. The lowest BCUT2D eigenvalue weighted by atomic mass is 9.90. The number of benzene rings is 1. The van der Waals surface area contributed by atoms with Crippen LogP contribution in [0.15, 0.2) is 30.3 Å². The van der Waals surface area contributed by atoms with Gasteiger partial charge in [0.05, 0.1) is 0 Å². The molecule has 1 aliphatic rings. The minimum atomic E-state index is -0.420. The SMILES string of the molecule is CC(=O)CCCCCNC(=O)[C@@H](CC(=O)C1OC1c1ccccc1)CC(C)C. The first-order valence-corrected chi connectivity index (χ1v) is 10.4. The van der Waals surface area contributed by atoms with Crippen molar-refractivity contribution in [2.45, 2.75) is 71.5 Å². The maximum Gasteiger partial charge on any atom is 0.223 e. The standard InChI is InChI=1S/C23H33NO4/c1-16(2)14-19(23(27)24-13-9-5-6-10-17(3)25)15-20(26)22-21(28-22)18-11-7-4-8-12-18/h4,7-8,11-12,16,19,21-22H,5-6,9-10,13-15H2,1-3H3,(H,24,27)/t19-,21?,22?/m1/s1. The second-order valence-electron chi connectivity index (χ2n) is 8.19. The number of amides is 1. The molecule has 0 radical (unpaired) electrons. The Morgan fingerprint density at radius 3 is 2.43 bits per heavy atom. The summed E-state index contributed by atoms with van der Waals surface area (Å²) in [6.45, 7) is 6.31. The molecule has 5 heteroatoms. The van der Waals surface area contributed by atoms with Gasteiger partial charge in [-0.15, -0.1) is 0 Å². The zero-order valence-electron chi connectivity index (χ0n) is 17.3. The lowest BCUT2D eigenvalue weighted by molar-refractivity contribution is -0.130. The Labute approximate surface area is 168 Å². The maximum absolute atomic E-state index is 12.6. The van der Waals surface area contributed by atoms with Gasteiger partial charge < -0.3 is 14.8 Å². The first kappa shape index (κ1) is 22.3. The summed E-state index contributed by atoms with van der Waals surface area (Å²) in [6, 6.07) is 9.73. The summed E-state index contributed by atoms with van der Waals surface area (Å²) < 4.78 is 5.59. The van der Waals surface area contributed by atoms with Crippen LogP contribution in [-0.4, -0.2) is 30.1 Å². The quantitative estimate of drug-likeness (QED) is 0.410. The van der Waals surface area contributed by atoms with Crippen LogP contribution in [0.4, 0.5) is 0 Å². The topological polar surface area (TPSA) is 75.8 Å². The molecule has 0 spiro atoms. The van der Waals surface area contributed by atoms with Crippen molar-refractivity contribution in [3.8, 4) is 0 Å². The molecule has 3 atom stereocenters. The van der Waals surface area contributed by atoms with Crippen molar-refractivity contribution in [3.63, 3.8) is 0 Å². The van der Waals surface area contributed by atoms with E-state index in [1.54, 1.807) is 6.92 Å². The number of epoxide rings is 1. The Balaban J connectivity index is 1.78. The number of ether oxygens (including phenoxy) is 1. The fraction of sp³-hybridized carbons (Fsp3) is 0.609. The second-order valence-corrected chi connectivity index (χ2v) is 8.19. The van der Waals surface area contributed by atoms with E-state index in [1.165, 1.54) is 0 Å². The molecule has 5 nitrogen and oxygen atoms in total. The molecule has 1 aromatic rings. The van der Waals surface area contributed by atoms with E-state index in [-0.39, 0.29) is 35.9 Å². The molecule has 0 aromatic heterocycles. The van der Waals surface area contributed by atoms with Crippen molar-refractivity contribution in [2.75, 3.05) is 6.54 Å². The van der Waals surface area contributed by atoms with Gasteiger partial charge in [-0.25, -0.2) is 0 Å². The maximum atomic E-state index is 12.6. The molecule has 154 valence electrons. The number of carbonyl (C=O) groups excluding carboxylic acids is 3. The van der Waals surface area contributed by atoms with Gasteiger partial charge >= 0.3 is 0 Å². The molecule has 1 heterocycles. The van der Waals surface area contributed by atoms with Gasteiger partial charge in [0.25, 0.3) is 0 Å². The number of unbranched alkanes of at least 4 members (excludes halogenated alkanes) is 2. The van der Waals surface area contributed by atoms with Crippen LogP contribution in [-0.2, 0) is 19.1 Å². The molecular weight excluding hydrogens is 354 g/mol. The fourth-order valence-electron chi connectivity index (χ4n) is 3.50. The lowest BCUT2D eigenvalue weighted by Gasteiger charge is -2.18. The second kappa shape index (κ2) is 11.1. The minimum absolute atomic E-state index is 0.0103. The van der Waals surface area contributed by atoms with Crippen LogP contribution in [0.3, 0.4) is 0 Å². The summed E-state index contributed by atoms with van der Waals surface area (Å²) >= 11 is 0. The Morgan fingerprint density at radius 1 is 1.07 bits per heavy atom. The van der Waals surface area contributed by atoms with Crippen molar-refractivity contribution in [2.24, 2.45) is 11.8 Å². The molecule has 0 bridgehead atoms. The van der Waals surface area contributed by atoms with E-state index >= 15 is 0 Å². The fourth-order valence-corrected chi connectivity index (χ4v) is 3.50. The van der Waals surface area contributed by atoms with Gasteiger partial charge in [0.15, 0.2) is 5.78 Å². The first-order valence-electron chi connectivity index (χ1n) is 10.4. The monoisotopic (exact) mass is 387 g/mol. The zero-order chi connectivity index (χ0) is 20.5. The number of hydrogen-bond donors (Lipinski definition) is 1. The molecule has 2 unspecified atom stereocenters.